The highest BCUT2D eigenvalue weighted by Gasteiger charge is 2.56. The lowest BCUT2D eigenvalue weighted by Gasteiger charge is -2.25. The molecule has 8 nitrogen and oxygen atoms in total. The zero-order chi connectivity index (χ0) is 28.8. The Labute approximate surface area is 237 Å². The molecule has 3 aromatic rings. The molecule has 1 fully saturated rings. The molecule has 2 aliphatic rings. The first-order valence-corrected chi connectivity index (χ1v) is 13.6. The van der Waals surface area contributed by atoms with Gasteiger partial charge in [-0.25, -0.2) is 8.78 Å². The molecule has 0 spiro atoms. The molecule has 11 heteroatoms. The number of nitriles is 1. The number of benzene rings is 1. The molecule has 4 N–H and O–H groups in total. The summed E-state index contributed by atoms with van der Waals surface area (Å²) in [6.45, 7) is 10.8. The highest BCUT2D eigenvalue weighted by Crippen LogP contribution is 2.47. The fourth-order valence-electron chi connectivity index (χ4n) is 4.87. The SMILES string of the molecule is Cc1ccc([C@H](Nc2cc(Cl)c3ncc(C#N)c(NCC(C)(C)C)c3c2)C2=CN(C3(C(F)F)CC3)NN2)c(C)n1. The van der Waals surface area contributed by atoms with Gasteiger partial charge in [-0.1, -0.05) is 38.4 Å². The van der Waals surface area contributed by atoms with E-state index in [-0.39, 0.29) is 5.41 Å². The number of halogens is 3. The summed E-state index contributed by atoms with van der Waals surface area (Å²) in [5.74, 6) is 0. The second-order valence-corrected chi connectivity index (χ2v) is 12.1. The van der Waals surface area contributed by atoms with Crippen LogP contribution < -0.4 is 21.6 Å². The maximum Gasteiger partial charge on any atom is 0.262 e. The molecule has 210 valence electrons. The van der Waals surface area contributed by atoms with E-state index in [0.717, 1.165) is 17.0 Å². The summed E-state index contributed by atoms with van der Waals surface area (Å²) in [5.41, 5.74) is 10.3. The Morgan fingerprint density at radius 3 is 2.60 bits per heavy atom. The van der Waals surface area contributed by atoms with E-state index in [2.05, 4.69) is 58.4 Å². The van der Waals surface area contributed by atoms with Crippen molar-refractivity contribution in [1.29, 1.82) is 5.26 Å². The highest BCUT2D eigenvalue weighted by atomic mass is 35.5. The van der Waals surface area contributed by atoms with Crippen molar-refractivity contribution in [3.8, 4) is 6.07 Å². The third kappa shape index (κ3) is 5.36. The maximum atomic E-state index is 13.8. The quantitative estimate of drug-likeness (QED) is 0.250. The van der Waals surface area contributed by atoms with Crippen LogP contribution in [0.2, 0.25) is 5.02 Å². The first-order chi connectivity index (χ1) is 18.9. The third-order valence-corrected chi connectivity index (χ3v) is 7.56. The molecule has 0 amide bonds. The Morgan fingerprint density at radius 1 is 1.23 bits per heavy atom. The predicted octanol–water partition coefficient (Wildman–Crippen LogP) is 6.35. The number of nitrogens with zero attached hydrogens (tertiary/aromatic N) is 4. The van der Waals surface area contributed by atoms with Gasteiger partial charge in [-0.05, 0) is 50.3 Å². The minimum absolute atomic E-state index is 0.0281. The summed E-state index contributed by atoms with van der Waals surface area (Å²) >= 11 is 6.73. The second kappa shape index (κ2) is 10.4. The zero-order valence-corrected chi connectivity index (χ0v) is 23.9. The normalized spacial score (nSPS) is 16.9. The number of aromatic nitrogens is 2. The van der Waals surface area contributed by atoms with Crippen LogP contribution in [0, 0.1) is 30.6 Å². The van der Waals surface area contributed by atoms with Gasteiger partial charge in [-0.15, -0.1) is 5.53 Å². The average Bonchev–Trinajstić information content (AvgIpc) is 3.56. The van der Waals surface area contributed by atoms with E-state index in [1.807, 2.05) is 32.0 Å². The molecule has 0 bridgehead atoms. The fourth-order valence-corrected chi connectivity index (χ4v) is 5.14. The van der Waals surface area contributed by atoms with Gasteiger partial charge >= 0.3 is 0 Å². The van der Waals surface area contributed by atoms with E-state index in [9.17, 15) is 14.0 Å². The molecule has 2 aromatic heterocycles. The predicted molar refractivity (Wildman–Crippen MR) is 154 cm³/mol. The van der Waals surface area contributed by atoms with Crippen molar-refractivity contribution >= 4 is 33.9 Å². The van der Waals surface area contributed by atoms with Crippen molar-refractivity contribution in [2.75, 3.05) is 17.2 Å². The van der Waals surface area contributed by atoms with Gasteiger partial charge in [0.1, 0.15) is 11.6 Å². The molecule has 0 saturated heterocycles. The third-order valence-electron chi connectivity index (χ3n) is 7.28. The molecule has 1 aliphatic carbocycles. The summed E-state index contributed by atoms with van der Waals surface area (Å²) < 4.78 is 27.7. The van der Waals surface area contributed by atoms with Gasteiger partial charge in [0, 0.05) is 47.0 Å². The minimum Gasteiger partial charge on any atom is -0.383 e. The molecule has 1 atom stereocenters. The van der Waals surface area contributed by atoms with Crippen LogP contribution >= 0.6 is 11.6 Å². The summed E-state index contributed by atoms with van der Waals surface area (Å²) in [5, 5.41) is 19.4. The van der Waals surface area contributed by atoms with Gasteiger partial charge in [0.2, 0.25) is 0 Å². The standard InChI is InChI=1S/C29H33ClF2N8/c1-16-6-7-20(17(2)36-16)26(23-14-40(39-38-23)29(8-9-29)27(31)32)37-19-10-21-24(35-15-28(3,4)5)18(12-33)13-34-25(21)22(30)11-19/h6-7,10-11,13-14,26-27,37-39H,8-9,15H2,1-5H3,(H,34,35)/t26-/m0/s1. The first-order valence-electron chi connectivity index (χ1n) is 13.2. The summed E-state index contributed by atoms with van der Waals surface area (Å²) in [4.78, 5) is 9.09. The molecule has 0 radical (unpaired) electrons. The van der Waals surface area contributed by atoms with Crippen molar-refractivity contribution in [3.63, 3.8) is 0 Å². The van der Waals surface area contributed by atoms with Crippen LogP contribution in [0.1, 0.15) is 62.2 Å². The highest BCUT2D eigenvalue weighted by molar-refractivity contribution is 6.35. The van der Waals surface area contributed by atoms with Crippen LogP contribution in [0.25, 0.3) is 10.9 Å². The lowest BCUT2D eigenvalue weighted by atomic mass is 9.96. The van der Waals surface area contributed by atoms with E-state index in [1.165, 1.54) is 11.2 Å². The maximum absolute atomic E-state index is 13.8. The molecule has 1 aliphatic heterocycles. The number of rotatable bonds is 8. The lowest BCUT2D eigenvalue weighted by Crippen LogP contribution is -2.48. The molecular formula is C29H33ClF2N8. The number of hydrazine groups is 2. The largest absolute Gasteiger partial charge is 0.383 e. The number of hydrogen-bond donors (Lipinski definition) is 4. The van der Waals surface area contributed by atoms with Gasteiger partial charge < -0.3 is 16.1 Å². The number of alkyl halides is 2. The summed E-state index contributed by atoms with van der Waals surface area (Å²) in [7, 11) is 0. The van der Waals surface area contributed by atoms with Gasteiger partial charge in [0.05, 0.1) is 33.5 Å². The molecule has 5 rings (SSSR count). The first kappa shape index (κ1) is 27.9. The van der Waals surface area contributed by atoms with Crippen LogP contribution in [-0.2, 0) is 0 Å². The van der Waals surface area contributed by atoms with Crippen LogP contribution in [0.3, 0.4) is 0 Å². The monoisotopic (exact) mass is 566 g/mol. The minimum atomic E-state index is -2.48. The zero-order valence-electron chi connectivity index (χ0n) is 23.2. The number of nitrogens with one attached hydrogen (secondary N) is 4. The number of pyridine rings is 2. The van der Waals surface area contributed by atoms with Crippen molar-refractivity contribution in [2.24, 2.45) is 5.41 Å². The van der Waals surface area contributed by atoms with Crippen LogP contribution in [-0.4, -0.2) is 33.5 Å². The molecule has 40 heavy (non-hydrogen) atoms. The summed E-state index contributed by atoms with van der Waals surface area (Å²) in [6, 6.07) is 9.35. The van der Waals surface area contributed by atoms with Gasteiger partial charge in [-0.2, -0.15) is 5.26 Å². The number of fused-ring (bicyclic) bond motifs is 1. The Hall–Kier alpha value is -3.68. The van der Waals surface area contributed by atoms with Crippen LogP contribution in [0.4, 0.5) is 20.2 Å². The second-order valence-electron chi connectivity index (χ2n) is 11.7. The summed E-state index contributed by atoms with van der Waals surface area (Å²) in [6.07, 6.45) is 1.56. The Kier molecular flexibility index (Phi) is 7.23. The Balaban J connectivity index is 1.58. The average molecular weight is 567 g/mol. The fraction of sp³-hybridized carbons (Fsp3) is 0.414. The molecule has 0 unspecified atom stereocenters. The van der Waals surface area contributed by atoms with E-state index in [1.54, 1.807) is 12.3 Å². The number of hydrogen-bond acceptors (Lipinski definition) is 8. The molecule has 1 aromatic carbocycles. The number of anilines is 2. The molecular weight excluding hydrogens is 534 g/mol. The molecule has 3 heterocycles. The Morgan fingerprint density at radius 2 is 1.98 bits per heavy atom. The van der Waals surface area contributed by atoms with E-state index in [4.69, 9.17) is 11.6 Å². The lowest BCUT2D eigenvalue weighted by molar-refractivity contribution is 0.00911. The van der Waals surface area contributed by atoms with Gasteiger partial charge in [0.15, 0.2) is 0 Å². The van der Waals surface area contributed by atoms with Crippen LogP contribution in [0.15, 0.2) is 42.4 Å². The van der Waals surface area contributed by atoms with Crippen molar-refractivity contribution in [3.05, 3.63) is 69.9 Å². The van der Waals surface area contributed by atoms with Gasteiger partial charge in [0.25, 0.3) is 6.43 Å². The van der Waals surface area contributed by atoms with Crippen molar-refractivity contribution in [2.45, 2.75) is 65.5 Å². The van der Waals surface area contributed by atoms with E-state index >= 15 is 0 Å². The van der Waals surface area contributed by atoms with Crippen molar-refractivity contribution < 1.29 is 8.78 Å². The van der Waals surface area contributed by atoms with Gasteiger partial charge in [-0.3, -0.25) is 15.0 Å². The van der Waals surface area contributed by atoms with Crippen LogP contribution in [0.5, 0.6) is 0 Å². The Bertz CT molecular complexity index is 1520. The molecule has 1 saturated carbocycles. The van der Waals surface area contributed by atoms with E-state index in [0.29, 0.717) is 57.9 Å². The number of aryl methyl sites for hydroxylation is 2. The topological polar surface area (TPSA) is 101 Å². The van der Waals surface area contributed by atoms with E-state index < -0.39 is 18.0 Å². The van der Waals surface area contributed by atoms with Crippen molar-refractivity contribution in [1.82, 2.24) is 25.9 Å². The smallest absolute Gasteiger partial charge is 0.262 e.